The van der Waals surface area contributed by atoms with Crippen LogP contribution < -0.4 is 5.32 Å². The Hall–Kier alpha value is -2.51. The van der Waals surface area contributed by atoms with Gasteiger partial charge in [0.1, 0.15) is 0 Å². The van der Waals surface area contributed by atoms with Gasteiger partial charge >= 0.3 is 0 Å². The summed E-state index contributed by atoms with van der Waals surface area (Å²) in [6, 6.07) is 7.97. The van der Waals surface area contributed by atoms with Gasteiger partial charge in [-0.15, -0.1) is 5.10 Å². The van der Waals surface area contributed by atoms with Crippen LogP contribution in [-0.4, -0.2) is 61.9 Å². The van der Waals surface area contributed by atoms with Crippen molar-refractivity contribution < 1.29 is 5.11 Å². The Morgan fingerprint density at radius 3 is 2.80 bits per heavy atom. The van der Waals surface area contributed by atoms with Crippen molar-refractivity contribution in [3.05, 3.63) is 42.2 Å². The number of likely N-dealkylation sites (tertiary alicyclic amines) is 1. The van der Waals surface area contributed by atoms with Crippen molar-refractivity contribution in [2.75, 3.05) is 25.5 Å². The molecule has 3 aromatic rings. The SMILES string of the molecule is Cc1ccc(-c2ccc3cnc(N[C@@H]4CCN(C)C[C@H]4O)nn23)nc1. The summed E-state index contributed by atoms with van der Waals surface area (Å²) in [5, 5.41) is 18.1. The lowest BCUT2D eigenvalue weighted by atomic mass is 10.0. The normalized spacial score (nSPS) is 21.6. The first kappa shape index (κ1) is 16.0. The molecule has 2 atom stereocenters. The molecule has 0 radical (unpaired) electrons. The van der Waals surface area contributed by atoms with Crippen molar-refractivity contribution in [2.45, 2.75) is 25.5 Å². The number of aliphatic hydroxyl groups is 1. The van der Waals surface area contributed by atoms with Crippen molar-refractivity contribution in [3.8, 4) is 11.4 Å². The van der Waals surface area contributed by atoms with Crippen LogP contribution in [0.3, 0.4) is 0 Å². The van der Waals surface area contributed by atoms with E-state index in [0.29, 0.717) is 12.5 Å². The van der Waals surface area contributed by atoms with Gasteiger partial charge in [-0.2, -0.15) is 0 Å². The third-order valence-electron chi connectivity index (χ3n) is 4.67. The molecule has 0 unspecified atom stereocenters. The van der Waals surface area contributed by atoms with E-state index in [0.717, 1.165) is 35.4 Å². The summed E-state index contributed by atoms with van der Waals surface area (Å²) in [7, 11) is 2.02. The van der Waals surface area contributed by atoms with Crippen LogP contribution in [0, 0.1) is 6.92 Å². The molecule has 0 spiro atoms. The number of aliphatic hydroxyl groups excluding tert-OH is 1. The molecule has 1 aliphatic rings. The third kappa shape index (κ3) is 3.20. The fourth-order valence-corrected chi connectivity index (χ4v) is 3.20. The first-order valence-corrected chi connectivity index (χ1v) is 8.51. The van der Waals surface area contributed by atoms with Crippen molar-refractivity contribution in [1.82, 2.24) is 24.5 Å². The lowest BCUT2D eigenvalue weighted by Gasteiger charge is -2.33. The number of piperidine rings is 1. The molecule has 7 heteroatoms. The number of rotatable bonds is 3. The van der Waals surface area contributed by atoms with E-state index >= 15 is 0 Å². The number of hydrogen-bond acceptors (Lipinski definition) is 6. The lowest BCUT2D eigenvalue weighted by Crippen LogP contribution is -2.48. The van der Waals surface area contributed by atoms with Gasteiger partial charge in [-0.05, 0) is 50.7 Å². The van der Waals surface area contributed by atoms with Crippen LogP contribution in [0.25, 0.3) is 16.9 Å². The van der Waals surface area contributed by atoms with Gasteiger partial charge in [0, 0.05) is 12.7 Å². The molecule has 1 saturated heterocycles. The largest absolute Gasteiger partial charge is 0.390 e. The zero-order chi connectivity index (χ0) is 17.4. The highest BCUT2D eigenvalue weighted by atomic mass is 16.3. The topological polar surface area (TPSA) is 78.6 Å². The maximum atomic E-state index is 10.3. The zero-order valence-electron chi connectivity index (χ0n) is 14.4. The number of aromatic nitrogens is 4. The van der Waals surface area contributed by atoms with E-state index in [9.17, 15) is 5.11 Å². The first-order chi connectivity index (χ1) is 12.1. The Kier molecular flexibility index (Phi) is 4.10. The Bertz CT molecular complexity index is 875. The molecule has 7 nitrogen and oxygen atoms in total. The van der Waals surface area contributed by atoms with Crippen LogP contribution in [0.5, 0.6) is 0 Å². The van der Waals surface area contributed by atoms with Gasteiger partial charge in [-0.25, -0.2) is 9.50 Å². The fraction of sp³-hybridized carbons (Fsp3) is 0.389. The molecule has 2 N–H and O–H groups in total. The minimum atomic E-state index is -0.430. The van der Waals surface area contributed by atoms with Crippen LogP contribution in [-0.2, 0) is 0 Å². The highest BCUT2D eigenvalue weighted by Crippen LogP contribution is 2.21. The van der Waals surface area contributed by atoms with E-state index < -0.39 is 6.10 Å². The number of nitrogens with zero attached hydrogens (tertiary/aromatic N) is 5. The second kappa shape index (κ2) is 6.42. The van der Waals surface area contributed by atoms with E-state index in [-0.39, 0.29) is 6.04 Å². The molecule has 1 fully saturated rings. The predicted molar refractivity (Wildman–Crippen MR) is 96.5 cm³/mol. The Morgan fingerprint density at radius 2 is 2.04 bits per heavy atom. The maximum absolute atomic E-state index is 10.3. The molecule has 0 amide bonds. The average molecular weight is 338 g/mol. The molecule has 0 aromatic carbocycles. The quantitative estimate of drug-likeness (QED) is 0.755. The van der Waals surface area contributed by atoms with E-state index in [1.54, 1.807) is 6.20 Å². The van der Waals surface area contributed by atoms with Crippen molar-refractivity contribution in [2.24, 2.45) is 0 Å². The number of nitrogens with one attached hydrogen (secondary N) is 1. The Labute approximate surface area is 146 Å². The molecular formula is C18H22N6O. The number of likely N-dealkylation sites (N-methyl/N-ethyl adjacent to an activating group) is 1. The number of anilines is 1. The third-order valence-corrected chi connectivity index (χ3v) is 4.67. The Balaban J connectivity index is 1.63. The van der Waals surface area contributed by atoms with Crippen LogP contribution in [0.1, 0.15) is 12.0 Å². The van der Waals surface area contributed by atoms with Crippen molar-refractivity contribution in [3.63, 3.8) is 0 Å². The van der Waals surface area contributed by atoms with Gasteiger partial charge < -0.3 is 15.3 Å². The van der Waals surface area contributed by atoms with E-state index in [1.165, 1.54) is 0 Å². The summed E-state index contributed by atoms with van der Waals surface area (Å²) in [6.45, 7) is 3.62. The molecule has 1 aliphatic heterocycles. The Morgan fingerprint density at radius 1 is 1.16 bits per heavy atom. The summed E-state index contributed by atoms with van der Waals surface area (Å²) in [5.41, 5.74) is 3.82. The van der Waals surface area contributed by atoms with Crippen molar-refractivity contribution >= 4 is 11.5 Å². The molecule has 0 aliphatic carbocycles. The second-order valence-corrected chi connectivity index (χ2v) is 6.73. The highest BCUT2D eigenvalue weighted by Gasteiger charge is 2.26. The van der Waals surface area contributed by atoms with Crippen LogP contribution in [0.15, 0.2) is 36.7 Å². The van der Waals surface area contributed by atoms with Crippen LogP contribution in [0.4, 0.5) is 5.95 Å². The first-order valence-electron chi connectivity index (χ1n) is 8.51. The summed E-state index contributed by atoms with van der Waals surface area (Å²) >= 11 is 0. The molecule has 0 saturated carbocycles. The smallest absolute Gasteiger partial charge is 0.241 e. The summed E-state index contributed by atoms with van der Waals surface area (Å²) < 4.78 is 1.84. The van der Waals surface area contributed by atoms with Gasteiger partial charge in [-0.3, -0.25) is 4.98 Å². The molecule has 130 valence electrons. The second-order valence-electron chi connectivity index (χ2n) is 6.73. The summed E-state index contributed by atoms with van der Waals surface area (Å²) in [4.78, 5) is 11.0. The van der Waals surface area contributed by atoms with Gasteiger partial charge in [0.25, 0.3) is 0 Å². The van der Waals surface area contributed by atoms with Gasteiger partial charge in [-0.1, -0.05) is 6.07 Å². The minimum Gasteiger partial charge on any atom is -0.390 e. The summed E-state index contributed by atoms with van der Waals surface area (Å²) in [5.74, 6) is 0.519. The van der Waals surface area contributed by atoms with Crippen molar-refractivity contribution in [1.29, 1.82) is 0 Å². The number of aryl methyl sites for hydroxylation is 1. The van der Waals surface area contributed by atoms with E-state index in [2.05, 4.69) is 25.3 Å². The maximum Gasteiger partial charge on any atom is 0.241 e. The van der Waals surface area contributed by atoms with E-state index in [1.807, 2.05) is 48.9 Å². The molecule has 4 heterocycles. The molecule has 4 rings (SSSR count). The number of pyridine rings is 1. The zero-order valence-corrected chi connectivity index (χ0v) is 14.4. The van der Waals surface area contributed by atoms with Gasteiger partial charge in [0.05, 0.1) is 35.2 Å². The molecule has 0 bridgehead atoms. The molecular weight excluding hydrogens is 316 g/mol. The van der Waals surface area contributed by atoms with Gasteiger partial charge in [0.2, 0.25) is 5.95 Å². The molecule has 25 heavy (non-hydrogen) atoms. The number of fused-ring (bicyclic) bond motifs is 1. The predicted octanol–water partition coefficient (Wildman–Crippen LogP) is 1.58. The summed E-state index contributed by atoms with van der Waals surface area (Å²) in [6.07, 6.45) is 4.07. The van der Waals surface area contributed by atoms with Crippen LogP contribution in [0.2, 0.25) is 0 Å². The number of hydrogen-bond donors (Lipinski definition) is 2. The van der Waals surface area contributed by atoms with E-state index in [4.69, 9.17) is 0 Å². The minimum absolute atomic E-state index is 0.0369. The van der Waals surface area contributed by atoms with Gasteiger partial charge in [0.15, 0.2) is 0 Å². The number of β-amino-alcohol motifs (C(OH)–C–C–N with tert-alkyl or cyclic N) is 1. The highest BCUT2D eigenvalue weighted by molar-refractivity contribution is 5.63. The fourth-order valence-electron chi connectivity index (χ4n) is 3.20. The standard InChI is InChI=1S/C18H22N6O/c1-12-3-5-14(19-9-12)16-6-4-13-10-20-18(22-24(13)16)21-15-7-8-23(2)11-17(15)25/h3-6,9-10,15,17,25H,7-8,11H2,1-2H3,(H,21,22)/t15-,17-/m1/s1. The van der Waals surface area contributed by atoms with Crippen LogP contribution >= 0.6 is 0 Å². The lowest BCUT2D eigenvalue weighted by molar-refractivity contribution is 0.0726. The average Bonchev–Trinajstić information content (AvgIpc) is 3.01. The monoisotopic (exact) mass is 338 g/mol. The molecule has 3 aromatic heterocycles.